The van der Waals surface area contributed by atoms with E-state index >= 15 is 0 Å². The van der Waals surface area contributed by atoms with E-state index < -0.39 is 26.6 Å². The largest absolute Gasteiger partial charge is 0.278 e. The van der Waals surface area contributed by atoms with Gasteiger partial charge in [0.1, 0.15) is 16.5 Å². The van der Waals surface area contributed by atoms with Crippen LogP contribution in [0.1, 0.15) is 11.3 Å². The Morgan fingerprint density at radius 1 is 0.900 bits per heavy atom. The number of anilines is 1. The Bertz CT molecular complexity index is 1390. The standard InChI is InChI=1S/C22H17F2N3O2S/c1-13-7-8-25-20-5-3-15(9-18(13)20)16-10-21(14(2)26-12-16)27-30(28,29)22-6-4-17(23)11-19(22)24/h3-12,27H,1-2H3. The highest BCUT2D eigenvalue weighted by molar-refractivity contribution is 7.92. The van der Waals surface area contributed by atoms with Crippen molar-refractivity contribution in [1.82, 2.24) is 9.97 Å². The van der Waals surface area contributed by atoms with Crippen LogP contribution in [0.2, 0.25) is 0 Å². The molecule has 0 radical (unpaired) electrons. The molecule has 30 heavy (non-hydrogen) atoms. The fraction of sp³-hybridized carbons (Fsp3) is 0.0909. The van der Waals surface area contributed by atoms with E-state index in [0.717, 1.165) is 34.2 Å². The van der Waals surface area contributed by atoms with E-state index in [1.54, 1.807) is 25.4 Å². The molecule has 0 fully saturated rings. The SMILES string of the molecule is Cc1ncc(-c2ccc3nccc(C)c3c2)cc1NS(=O)(=O)c1ccc(F)cc1F. The first kappa shape index (κ1) is 19.9. The normalized spacial score (nSPS) is 11.6. The van der Waals surface area contributed by atoms with E-state index in [-0.39, 0.29) is 5.69 Å². The van der Waals surface area contributed by atoms with Gasteiger partial charge in [-0.1, -0.05) is 6.07 Å². The van der Waals surface area contributed by atoms with Crippen molar-refractivity contribution >= 4 is 26.6 Å². The highest BCUT2D eigenvalue weighted by Gasteiger charge is 2.21. The Morgan fingerprint density at radius 2 is 1.70 bits per heavy atom. The maximum Gasteiger partial charge on any atom is 0.264 e. The lowest BCUT2D eigenvalue weighted by Crippen LogP contribution is -2.16. The van der Waals surface area contributed by atoms with Gasteiger partial charge in [0.25, 0.3) is 10.0 Å². The van der Waals surface area contributed by atoms with Crippen LogP contribution in [0.3, 0.4) is 0 Å². The van der Waals surface area contributed by atoms with Crippen LogP contribution in [-0.4, -0.2) is 18.4 Å². The first-order valence-corrected chi connectivity index (χ1v) is 10.5. The molecular weight excluding hydrogens is 408 g/mol. The predicted octanol–water partition coefficient (Wildman–Crippen LogP) is 4.99. The molecule has 0 amide bonds. The van der Waals surface area contributed by atoms with Crippen LogP contribution < -0.4 is 4.72 Å². The third-order valence-corrected chi connectivity index (χ3v) is 6.21. The van der Waals surface area contributed by atoms with Crippen LogP contribution in [0.15, 0.2) is 65.8 Å². The summed E-state index contributed by atoms with van der Waals surface area (Å²) in [7, 11) is -4.27. The second-order valence-corrected chi connectivity index (χ2v) is 8.55. The number of hydrogen-bond acceptors (Lipinski definition) is 4. The summed E-state index contributed by atoms with van der Waals surface area (Å²) in [5, 5.41) is 0.978. The van der Waals surface area contributed by atoms with Crippen LogP contribution >= 0.6 is 0 Å². The van der Waals surface area contributed by atoms with Crippen molar-refractivity contribution in [1.29, 1.82) is 0 Å². The zero-order valence-corrected chi connectivity index (χ0v) is 17.0. The Morgan fingerprint density at radius 3 is 2.47 bits per heavy atom. The summed E-state index contributed by atoms with van der Waals surface area (Å²) in [4.78, 5) is 7.97. The number of benzene rings is 2. The van der Waals surface area contributed by atoms with Gasteiger partial charge in [0.05, 0.1) is 16.9 Å². The lowest BCUT2D eigenvalue weighted by molar-refractivity contribution is 0.551. The molecule has 0 aliphatic heterocycles. The third-order valence-electron chi connectivity index (χ3n) is 4.81. The number of hydrogen-bond donors (Lipinski definition) is 1. The minimum absolute atomic E-state index is 0.208. The molecular formula is C22H17F2N3O2S. The topological polar surface area (TPSA) is 72.0 Å². The summed E-state index contributed by atoms with van der Waals surface area (Å²) >= 11 is 0. The van der Waals surface area contributed by atoms with Crippen molar-refractivity contribution in [3.8, 4) is 11.1 Å². The van der Waals surface area contributed by atoms with Crippen molar-refractivity contribution in [3.63, 3.8) is 0 Å². The number of sulfonamides is 1. The molecule has 0 bridgehead atoms. The van der Waals surface area contributed by atoms with Crippen LogP contribution in [0.5, 0.6) is 0 Å². The summed E-state index contributed by atoms with van der Waals surface area (Å²) in [6.07, 6.45) is 3.38. The molecule has 1 N–H and O–H groups in total. The van der Waals surface area contributed by atoms with Gasteiger partial charge in [-0.2, -0.15) is 0 Å². The quantitative estimate of drug-likeness (QED) is 0.500. The van der Waals surface area contributed by atoms with Crippen molar-refractivity contribution in [2.24, 2.45) is 0 Å². The first-order valence-electron chi connectivity index (χ1n) is 9.05. The van der Waals surface area contributed by atoms with E-state index in [1.165, 1.54) is 0 Å². The average Bonchev–Trinajstić information content (AvgIpc) is 2.69. The second kappa shape index (κ2) is 7.46. The van der Waals surface area contributed by atoms with Gasteiger partial charge in [0.2, 0.25) is 0 Å². The molecule has 0 aliphatic carbocycles. The van der Waals surface area contributed by atoms with Gasteiger partial charge in [-0.3, -0.25) is 14.7 Å². The van der Waals surface area contributed by atoms with Gasteiger partial charge >= 0.3 is 0 Å². The fourth-order valence-corrected chi connectivity index (χ4v) is 4.32. The zero-order valence-electron chi connectivity index (χ0n) is 16.1. The van der Waals surface area contributed by atoms with Crippen molar-refractivity contribution in [3.05, 3.63) is 83.8 Å². The predicted molar refractivity (Wildman–Crippen MR) is 112 cm³/mol. The number of rotatable bonds is 4. The number of fused-ring (bicyclic) bond motifs is 1. The molecule has 2 aromatic carbocycles. The van der Waals surface area contributed by atoms with E-state index in [4.69, 9.17) is 0 Å². The Hall–Kier alpha value is -3.39. The molecule has 0 aliphatic rings. The minimum atomic E-state index is -4.27. The number of aryl methyl sites for hydroxylation is 2. The van der Waals surface area contributed by atoms with E-state index in [9.17, 15) is 17.2 Å². The minimum Gasteiger partial charge on any atom is -0.278 e. The van der Waals surface area contributed by atoms with E-state index in [0.29, 0.717) is 17.3 Å². The van der Waals surface area contributed by atoms with Crippen LogP contribution in [0.25, 0.3) is 22.0 Å². The average molecular weight is 425 g/mol. The molecule has 0 unspecified atom stereocenters. The highest BCUT2D eigenvalue weighted by atomic mass is 32.2. The maximum absolute atomic E-state index is 14.0. The van der Waals surface area contributed by atoms with Gasteiger partial charge in [0, 0.05) is 29.4 Å². The van der Waals surface area contributed by atoms with Crippen LogP contribution in [0, 0.1) is 25.5 Å². The molecule has 2 aromatic heterocycles. The smallest absolute Gasteiger partial charge is 0.264 e. The molecule has 8 heteroatoms. The van der Waals surface area contributed by atoms with Crippen molar-refractivity contribution in [2.75, 3.05) is 4.72 Å². The van der Waals surface area contributed by atoms with Crippen molar-refractivity contribution < 1.29 is 17.2 Å². The monoisotopic (exact) mass is 425 g/mol. The number of pyridine rings is 2. The number of halogens is 2. The van der Waals surface area contributed by atoms with E-state index in [1.807, 2.05) is 31.2 Å². The first-order chi connectivity index (χ1) is 14.2. The number of aromatic nitrogens is 2. The lowest BCUT2D eigenvalue weighted by Gasteiger charge is -2.13. The van der Waals surface area contributed by atoms with Gasteiger partial charge < -0.3 is 0 Å². The highest BCUT2D eigenvalue weighted by Crippen LogP contribution is 2.29. The van der Waals surface area contributed by atoms with Gasteiger partial charge in [0.15, 0.2) is 0 Å². The molecule has 0 saturated carbocycles. The van der Waals surface area contributed by atoms with Crippen LogP contribution in [-0.2, 0) is 10.0 Å². The summed E-state index contributed by atoms with van der Waals surface area (Å²) in [5.41, 5.74) is 4.06. The summed E-state index contributed by atoms with van der Waals surface area (Å²) in [6.45, 7) is 3.62. The van der Waals surface area contributed by atoms with Gasteiger partial charge in [-0.05, 0) is 61.4 Å². The fourth-order valence-electron chi connectivity index (χ4n) is 3.15. The maximum atomic E-state index is 14.0. The summed E-state index contributed by atoms with van der Waals surface area (Å²) in [6, 6.07) is 11.6. The molecule has 152 valence electrons. The molecule has 2 heterocycles. The van der Waals surface area contributed by atoms with E-state index in [2.05, 4.69) is 14.7 Å². The Kier molecular flexibility index (Phi) is 4.95. The molecule has 0 saturated heterocycles. The van der Waals surface area contributed by atoms with Gasteiger partial charge in [-0.25, -0.2) is 17.2 Å². The lowest BCUT2D eigenvalue weighted by atomic mass is 10.0. The Balaban J connectivity index is 1.74. The third kappa shape index (κ3) is 3.73. The summed E-state index contributed by atoms with van der Waals surface area (Å²) in [5.74, 6) is -2.02. The molecule has 0 spiro atoms. The van der Waals surface area contributed by atoms with Gasteiger partial charge in [-0.15, -0.1) is 0 Å². The molecule has 5 nitrogen and oxygen atoms in total. The molecule has 0 atom stereocenters. The number of nitrogens with zero attached hydrogens (tertiary/aromatic N) is 2. The zero-order chi connectivity index (χ0) is 21.5. The summed E-state index contributed by atoms with van der Waals surface area (Å²) < 4.78 is 54.8. The van der Waals surface area contributed by atoms with Crippen molar-refractivity contribution in [2.45, 2.75) is 18.7 Å². The van der Waals surface area contributed by atoms with Crippen LogP contribution in [0.4, 0.5) is 14.5 Å². The second-order valence-electron chi connectivity index (χ2n) is 6.90. The molecule has 4 aromatic rings. The Labute approximate surface area is 172 Å². The molecule has 4 rings (SSSR count). The number of nitrogens with one attached hydrogen (secondary N) is 1.